The molecule has 0 amide bonds. The minimum Gasteiger partial charge on any atom is -0.388 e. The van der Waals surface area contributed by atoms with Crippen LogP contribution in [-0.2, 0) is 6.54 Å². The van der Waals surface area contributed by atoms with Crippen LogP contribution in [0.3, 0.4) is 0 Å². The van der Waals surface area contributed by atoms with Crippen LogP contribution in [0.25, 0.3) is 0 Å². The van der Waals surface area contributed by atoms with E-state index in [1.54, 1.807) is 4.68 Å². The number of rotatable bonds is 3. The molecular formula is C10H18N4O. The second-order valence-corrected chi connectivity index (χ2v) is 4.56. The highest BCUT2D eigenvalue weighted by Gasteiger charge is 2.31. The first-order chi connectivity index (χ1) is 7.09. The molecule has 3 N–H and O–H groups in total. The Morgan fingerprint density at radius 2 is 2.27 bits per heavy atom. The first kappa shape index (κ1) is 10.6. The van der Waals surface area contributed by atoms with Crippen LogP contribution in [0.5, 0.6) is 0 Å². The van der Waals surface area contributed by atoms with Crippen LogP contribution in [0, 0.1) is 0 Å². The average Bonchev–Trinajstić information content (AvgIpc) is 2.75. The van der Waals surface area contributed by atoms with E-state index >= 15 is 0 Å². The summed E-state index contributed by atoms with van der Waals surface area (Å²) in [6, 6.07) is -0.100. The van der Waals surface area contributed by atoms with Gasteiger partial charge in [-0.15, -0.1) is 5.10 Å². The Morgan fingerprint density at radius 3 is 2.80 bits per heavy atom. The lowest BCUT2D eigenvalue weighted by molar-refractivity contribution is 0.0260. The first-order valence-electron chi connectivity index (χ1n) is 5.47. The Kier molecular flexibility index (Phi) is 2.75. The van der Waals surface area contributed by atoms with E-state index in [-0.39, 0.29) is 6.04 Å². The van der Waals surface area contributed by atoms with Gasteiger partial charge in [-0.2, -0.15) is 0 Å². The van der Waals surface area contributed by atoms with E-state index in [1.807, 2.05) is 13.1 Å². The van der Waals surface area contributed by atoms with Crippen molar-refractivity contribution in [2.24, 2.45) is 5.73 Å². The Labute approximate surface area is 89.3 Å². The monoisotopic (exact) mass is 210 g/mol. The molecule has 0 radical (unpaired) electrons. The van der Waals surface area contributed by atoms with E-state index in [0.29, 0.717) is 6.54 Å². The fourth-order valence-corrected chi connectivity index (χ4v) is 2.09. The third-order valence-electron chi connectivity index (χ3n) is 3.01. The van der Waals surface area contributed by atoms with Crippen molar-refractivity contribution in [3.05, 3.63) is 11.9 Å². The van der Waals surface area contributed by atoms with Gasteiger partial charge in [0.05, 0.1) is 24.0 Å². The Balaban J connectivity index is 2.04. The zero-order valence-electron chi connectivity index (χ0n) is 9.06. The van der Waals surface area contributed by atoms with Gasteiger partial charge in [0.2, 0.25) is 0 Å². The molecule has 5 heteroatoms. The highest BCUT2D eigenvalue weighted by Crippen LogP contribution is 2.30. The van der Waals surface area contributed by atoms with Crippen molar-refractivity contribution in [3.63, 3.8) is 0 Å². The van der Waals surface area contributed by atoms with Gasteiger partial charge in [-0.3, -0.25) is 0 Å². The van der Waals surface area contributed by atoms with Crippen molar-refractivity contribution >= 4 is 0 Å². The fraction of sp³-hybridized carbons (Fsp3) is 0.800. The molecule has 1 heterocycles. The number of aromatic nitrogens is 3. The normalized spacial score (nSPS) is 21.8. The lowest BCUT2D eigenvalue weighted by Crippen LogP contribution is -2.30. The van der Waals surface area contributed by atoms with Crippen molar-refractivity contribution < 1.29 is 5.11 Å². The number of aliphatic hydroxyl groups is 1. The van der Waals surface area contributed by atoms with E-state index in [2.05, 4.69) is 10.3 Å². The molecule has 0 aromatic carbocycles. The molecule has 0 aliphatic heterocycles. The molecule has 0 saturated heterocycles. The topological polar surface area (TPSA) is 77.0 Å². The molecule has 1 aromatic rings. The summed E-state index contributed by atoms with van der Waals surface area (Å²) in [5, 5.41) is 18.1. The molecular weight excluding hydrogens is 192 g/mol. The van der Waals surface area contributed by atoms with Crippen LogP contribution < -0.4 is 5.73 Å². The summed E-state index contributed by atoms with van der Waals surface area (Å²) in [7, 11) is 0. The Hall–Kier alpha value is -0.940. The third-order valence-corrected chi connectivity index (χ3v) is 3.01. The van der Waals surface area contributed by atoms with Crippen molar-refractivity contribution in [3.8, 4) is 0 Å². The van der Waals surface area contributed by atoms with E-state index in [9.17, 15) is 5.11 Å². The second kappa shape index (κ2) is 3.90. The van der Waals surface area contributed by atoms with E-state index in [4.69, 9.17) is 5.73 Å². The molecule has 0 bridgehead atoms. The number of hydrogen-bond acceptors (Lipinski definition) is 4. The smallest absolute Gasteiger partial charge is 0.0991 e. The molecule has 0 spiro atoms. The van der Waals surface area contributed by atoms with Crippen LogP contribution in [0.1, 0.15) is 44.3 Å². The summed E-state index contributed by atoms with van der Waals surface area (Å²) < 4.78 is 1.70. The highest BCUT2D eigenvalue weighted by atomic mass is 16.3. The lowest BCUT2D eigenvalue weighted by Gasteiger charge is -2.21. The Bertz CT molecular complexity index is 328. The van der Waals surface area contributed by atoms with Crippen molar-refractivity contribution in [2.75, 3.05) is 0 Å². The average molecular weight is 210 g/mol. The molecule has 1 aliphatic rings. The predicted molar refractivity (Wildman–Crippen MR) is 56.0 cm³/mol. The van der Waals surface area contributed by atoms with Crippen molar-refractivity contribution in [1.82, 2.24) is 15.0 Å². The van der Waals surface area contributed by atoms with Gasteiger partial charge in [-0.05, 0) is 19.8 Å². The lowest BCUT2D eigenvalue weighted by atomic mass is 10.0. The van der Waals surface area contributed by atoms with Gasteiger partial charge in [0, 0.05) is 6.04 Å². The molecule has 5 nitrogen and oxygen atoms in total. The summed E-state index contributed by atoms with van der Waals surface area (Å²) in [6.45, 7) is 2.41. The largest absolute Gasteiger partial charge is 0.388 e. The molecule has 1 saturated carbocycles. The van der Waals surface area contributed by atoms with Gasteiger partial charge in [0.15, 0.2) is 0 Å². The van der Waals surface area contributed by atoms with Crippen LogP contribution in [0.2, 0.25) is 0 Å². The number of nitrogens with two attached hydrogens (primary N) is 1. The minimum absolute atomic E-state index is 0.100. The quantitative estimate of drug-likeness (QED) is 0.766. The summed E-state index contributed by atoms with van der Waals surface area (Å²) in [4.78, 5) is 0. The number of hydrogen-bond donors (Lipinski definition) is 2. The van der Waals surface area contributed by atoms with Crippen molar-refractivity contribution in [2.45, 2.75) is 50.8 Å². The van der Waals surface area contributed by atoms with Crippen LogP contribution >= 0.6 is 0 Å². The maximum Gasteiger partial charge on any atom is 0.0991 e. The fourth-order valence-electron chi connectivity index (χ4n) is 2.09. The van der Waals surface area contributed by atoms with Gasteiger partial charge in [-0.25, -0.2) is 4.68 Å². The summed E-state index contributed by atoms with van der Waals surface area (Å²) in [6.07, 6.45) is 5.75. The maximum absolute atomic E-state index is 10.2. The first-order valence-corrected chi connectivity index (χ1v) is 5.47. The molecule has 1 atom stereocenters. The zero-order chi connectivity index (χ0) is 10.9. The molecule has 2 rings (SSSR count). The molecule has 1 aliphatic carbocycles. The summed E-state index contributed by atoms with van der Waals surface area (Å²) >= 11 is 0. The second-order valence-electron chi connectivity index (χ2n) is 4.56. The molecule has 1 unspecified atom stereocenters. The van der Waals surface area contributed by atoms with Crippen molar-refractivity contribution in [1.29, 1.82) is 0 Å². The van der Waals surface area contributed by atoms with E-state index < -0.39 is 5.60 Å². The standard InChI is InChI=1S/C10H18N4O/c1-8(11)9-6-14(13-12-9)7-10(15)4-2-3-5-10/h6,8,15H,2-5,7,11H2,1H3. The van der Waals surface area contributed by atoms with E-state index in [1.165, 1.54) is 0 Å². The summed E-state index contributed by atoms with van der Waals surface area (Å²) in [5.74, 6) is 0. The van der Waals surface area contributed by atoms with Crippen LogP contribution in [0.15, 0.2) is 6.20 Å². The highest BCUT2D eigenvalue weighted by molar-refractivity contribution is 4.98. The molecule has 84 valence electrons. The van der Waals surface area contributed by atoms with Gasteiger partial charge in [0.25, 0.3) is 0 Å². The minimum atomic E-state index is -0.581. The van der Waals surface area contributed by atoms with Gasteiger partial charge in [0.1, 0.15) is 0 Å². The molecule has 1 aromatic heterocycles. The predicted octanol–water partition coefficient (Wildman–Crippen LogP) is 0.603. The maximum atomic E-state index is 10.2. The van der Waals surface area contributed by atoms with Crippen LogP contribution in [-0.4, -0.2) is 25.7 Å². The van der Waals surface area contributed by atoms with E-state index in [0.717, 1.165) is 31.4 Å². The third kappa shape index (κ3) is 2.35. The van der Waals surface area contributed by atoms with Gasteiger partial charge >= 0.3 is 0 Å². The molecule has 1 fully saturated rings. The summed E-state index contributed by atoms with van der Waals surface area (Å²) in [5.41, 5.74) is 5.88. The number of nitrogens with zero attached hydrogens (tertiary/aromatic N) is 3. The Morgan fingerprint density at radius 1 is 1.60 bits per heavy atom. The van der Waals surface area contributed by atoms with Crippen LogP contribution in [0.4, 0.5) is 0 Å². The van der Waals surface area contributed by atoms with Gasteiger partial charge < -0.3 is 10.8 Å². The van der Waals surface area contributed by atoms with Gasteiger partial charge in [-0.1, -0.05) is 18.1 Å². The molecule has 15 heavy (non-hydrogen) atoms. The SMILES string of the molecule is CC(N)c1cn(CC2(O)CCCC2)nn1. The zero-order valence-corrected chi connectivity index (χ0v) is 9.06.